The van der Waals surface area contributed by atoms with Gasteiger partial charge in [0.05, 0.1) is 0 Å². The lowest BCUT2D eigenvalue weighted by atomic mass is 9.89. The van der Waals surface area contributed by atoms with Crippen LogP contribution in [0.2, 0.25) is 0 Å². The highest BCUT2D eigenvalue weighted by molar-refractivity contribution is 7.89. The van der Waals surface area contributed by atoms with Crippen LogP contribution in [0, 0.1) is 19.3 Å². The number of nitrogens with zero attached hydrogens (tertiary/aromatic N) is 3. The van der Waals surface area contributed by atoms with Crippen molar-refractivity contribution in [3.63, 3.8) is 0 Å². The largest absolute Gasteiger partial charge is 0.598 e. The Kier molecular flexibility index (Phi) is 8.07. The molecule has 0 unspecified atom stereocenters. The lowest BCUT2D eigenvalue weighted by Gasteiger charge is -2.35. The SMILES string of the molecule is Cc1cc(N(C)C(N)=O)cc(C)c1CC[S@+]([O-])N1CCC2(CC1)N=C(C1(CCCC(F)(F)F)CC1)NC2=O. The molecule has 1 saturated carbocycles. The Morgan fingerprint density at radius 3 is 2.34 bits per heavy atom. The fourth-order valence-electron chi connectivity index (χ4n) is 5.55. The van der Waals surface area contributed by atoms with E-state index in [0.717, 1.165) is 29.5 Å². The molecule has 0 radical (unpaired) electrons. The molecule has 0 aromatic heterocycles. The number of amides is 3. The molecule has 8 nitrogen and oxygen atoms in total. The van der Waals surface area contributed by atoms with Gasteiger partial charge in [-0.05, 0) is 81.2 Å². The van der Waals surface area contributed by atoms with Crippen LogP contribution < -0.4 is 16.0 Å². The van der Waals surface area contributed by atoms with Gasteiger partial charge in [0.1, 0.15) is 17.1 Å². The second-order valence-corrected chi connectivity index (χ2v) is 12.4. The smallest absolute Gasteiger partial charge is 0.389 e. The van der Waals surface area contributed by atoms with E-state index in [2.05, 4.69) is 5.32 Å². The number of piperidine rings is 1. The summed E-state index contributed by atoms with van der Waals surface area (Å²) < 4.78 is 52.8. The Bertz CT molecular complexity index is 1090. The van der Waals surface area contributed by atoms with Crippen LogP contribution in [0.25, 0.3) is 0 Å². The van der Waals surface area contributed by atoms with Gasteiger partial charge < -0.3 is 15.6 Å². The van der Waals surface area contributed by atoms with Crippen LogP contribution in [0.1, 0.15) is 61.6 Å². The zero-order valence-corrected chi connectivity index (χ0v) is 22.9. The minimum absolute atomic E-state index is 0.0294. The third-order valence-corrected chi connectivity index (χ3v) is 9.71. The summed E-state index contributed by atoms with van der Waals surface area (Å²) in [6, 6.07) is 3.25. The van der Waals surface area contributed by atoms with E-state index in [1.807, 2.05) is 30.3 Å². The Hall–Kier alpha value is -2.31. The molecule has 0 bridgehead atoms. The van der Waals surface area contributed by atoms with Crippen LogP contribution in [0.5, 0.6) is 0 Å². The van der Waals surface area contributed by atoms with E-state index >= 15 is 0 Å². The van der Waals surface area contributed by atoms with Gasteiger partial charge in [0.2, 0.25) is 0 Å². The van der Waals surface area contributed by atoms with Gasteiger partial charge in [-0.3, -0.25) is 14.7 Å². The van der Waals surface area contributed by atoms with Crippen LogP contribution >= 0.6 is 0 Å². The molecular weight excluding hydrogens is 519 g/mol. The number of anilines is 1. The number of carbonyl (C=O) groups is 2. The maximum Gasteiger partial charge on any atom is 0.389 e. The summed E-state index contributed by atoms with van der Waals surface area (Å²) in [7, 11) is 1.62. The zero-order valence-electron chi connectivity index (χ0n) is 22.1. The third kappa shape index (κ3) is 6.12. The second kappa shape index (κ2) is 10.7. The molecule has 2 aliphatic heterocycles. The molecule has 3 aliphatic rings. The number of primary amides is 1. The zero-order chi connectivity index (χ0) is 27.9. The predicted molar refractivity (Wildman–Crippen MR) is 141 cm³/mol. The van der Waals surface area contributed by atoms with Crippen molar-refractivity contribution in [2.24, 2.45) is 16.1 Å². The van der Waals surface area contributed by atoms with Crippen molar-refractivity contribution in [3.05, 3.63) is 28.8 Å². The monoisotopic (exact) mass is 555 g/mol. The first-order chi connectivity index (χ1) is 17.8. The number of rotatable bonds is 9. The summed E-state index contributed by atoms with van der Waals surface area (Å²) in [6.07, 6.45) is -1.65. The van der Waals surface area contributed by atoms with Crippen LogP contribution in [-0.2, 0) is 22.6 Å². The number of halogens is 3. The van der Waals surface area contributed by atoms with Gasteiger partial charge in [-0.15, -0.1) is 4.31 Å². The Morgan fingerprint density at radius 1 is 1.21 bits per heavy atom. The minimum atomic E-state index is -4.18. The summed E-state index contributed by atoms with van der Waals surface area (Å²) in [5, 5.41) is 2.89. The van der Waals surface area contributed by atoms with Crippen molar-refractivity contribution in [2.45, 2.75) is 76.9 Å². The van der Waals surface area contributed by atoms with E-state index in [9.17, 15) is 27.3 Å². The quantitative estimate of drug-likeness (QED) is 0.450. The summed E-state index contributed by atoms with van der Waals surface area (Å²) in [6.45, 7) is 4.83. The molecule has 4 rings (SSSR count). The highest BCUT2D eigenvalue weighted by Crippen LogP contribution is 2.53. The summed E-state index contributed by atoms with van der Waals surface area (Å²) in [5.74, 6) is 0.797. The predicted octanol–water partition coefficient (Wildman–Crippen LogP) is 3.90. The number of aliphatic imine (C=N–C) groups is 1. The number of hydrogen-bond acceptors (Lipinski definition) is 5. The van der Waals surface area contributed by atoms with E-state index < -0.39 is 40.9 Å². The van der Waals surface area contributed by atoms with E-state index in [1.54, 1.807) is 7.05 Å². The van der Waals surface area contributed by atoms with Crippen molar-refractivity contribution in [3.8, 4) is 0 Å². The molecule has 3 amide bonds. The van der Waals surface area contributed by atoms with Crippen LogP contribution in [-0.4, -0.2) is 64.2 Å². The second-order valence-electron chi connectivity index (χ2n) is 10.9. The van der Waals surface area contributed by atoms with Gasteiger partial charge in [0, 0.05) is 55.4 Å². The number of carbonyl (C=O) groups excluding carboxylic acids is 2. The Balaban J connectivity index is 1.32. The normalized spacial score (nSPS) is 21.2. The third-order valence-electron chi connectivity index (χ3n) is 8.21. The van der Waals surface area contributed by atoms with E-state index in [1.165, 1.54) is 4.90 Å². The lowest BCUT2D eigenvalue weighted by Crippen LogP contribution is -2.51. The van der Waals surface area contributed by atoms with Crippen LogP contribution in [0.4, 0.5) is 23.7 Å². The molecule has 2 heterocycles. The molecule has 1 saturated heterocycles. The van der Waals surface area contributed by atoms with Gasteiger partial charge in [0.15, 0.2) is 0 Å². The standard InChI is InChI=1S/C26H36F3N5O3S/c1-17-15-19(33(3)23(30)36)16-18(2)20(17)5-14-38(37)34-12-10-25(11-13-34)22(35)31-21(32-25)24(8-9-24)6-4-7-26(27,28)29/h15-16H,4-14H2,1-3H3,(H2,30,36)(H,31,32,35)/t38-/m0/s1. The first-order valence-corrected chi connectivity index (χ1v) is 14.3. The van der Waals surface area contributed by atoms with E-state index in [-0.39, 0.29) is 12.3 Å². The fraction of sp³-hybridized carbons (Fsp3) is 0.654. The van der Waals surface area contributed by atoms with Crippen molar-refractivity contribution in [1.82, 2.24) is 9.62 Å². The van der Waals surface area contributed by atoms with Gasteiger partial charge in [-0.2, -0.15) is 13.2 Å². The number of urea groups is 1. The maximum atomic E-state index is 13.1. The minimum Gasteiger partial charge on any atom is -0.598 e. The summed E-state index contributed by atoms with van der Waals surface area (Å²) in [4.78, 5) is 30.6. The highest BCUT2D eigenvalue weighted by atomic mass is 32.2. The molecule has 210 valence electrons. The number of amidine groups is 1. The molecular formula is C26H36F3N5O3S. The molecule has 1 spiro atoms. The summed E-state index contributed by atoms with van der Waals surface area (Å²) >= 11 is -1.24. The topological polar surface area (TPSA) is 114 Å². The highest BCUT2D eigenvalue weighted by Gasteiger charge is 2.55. The molecule has 1 aromatic rings. The number of aryl methyl sites for hydroxylation is 2. The van der Waals surface area contributed by atoms with Crippen molar-refractivity contribution in [2.75, 3.05) is 30.8 Å². The number of benzene rings is 1. The molecule has 1 aliphatic carbocycles. The van der Waals surface area contributed by atoms with E-state index in [4.69, 9.17) is 10.7 Å². The maximum absolute atomic E-state index is 13.1. The van der Waals surface area contributed by atoms with Crippen LogP contribution in [0.3, 0.4) is 0 Å². The van der Waals surface area contributed by atoms with E-state index in [0.29, 0.717) is 56.0 Å². The van der Waals surface area contributed by atoms with Crippen molar-refractivity contribution >= 4 is 34.8 Å². The molecule has 38 heavy (non-hydrogen) atoms. The van der Waals surface area contributed by atoms with Gasteiger partial charge in [0.25, 0.3) is 5.91 Å². The van der Waals surface area contributed by atoms with Gasteiger partial charge in [-0.25, -0.2) is 4.79 Å². The van der Waals surface area contributed by atoms with Crippen molar-refractivity contribution < 1.29 is 27.3 Å². The molecule has 2 fully saturated rings. The average molecular weight is 556 g/mol. The summed E-state index contributed by atoms with van der Waals surface area (Å²) in [5.41, 5.74) is 7.82. The molecule has 3 N–H and O–H groups in total. The average Bonchev–Trinajstić information content (AvgIpc) is 3.55. The molecule has 1 aromatic carbocycles. The van der Waals surface area contributed by atoms with Crippen LogP contribution in [0.15, 0.2) is 17.1 Å². The fourth-order valence-corrected chi connectivity index (χ4v) is 6.78. The number of nitrogens with one attached hydrogen (secondary N) is 1. The number of hydrogen-bond donors (Lipinski definition) is 2. The van der Waals surface area contributed by atoms with Crippen molar-refractivity contribution in [1.29, 1.82) is 0 Å². The Labute approximate surface area is 224 Å². The molecule has 1 atom stereocenters. The van der Waals surface area contributed by atoms with Gasteiger partial charge >= 0.3 is 12.2 Å². The number of nitrogens with two attached hydrogens (primary N) is 1. The Morgan fingerprint density at radius 2 is 1.82 bits per heavy atom. The first kappa shape index (κ1) is 28.7. The lowest BCUT2D eigenvalue weighted by molar-refractivity contribution is -0.136. The molecule has 12 heteroatoms. The number of alkyl halides is 3. The van der Waals surface area contributed by atoms with Gasteiger partial charge in [-0.1, -0.05) is 0 Å². The first-order valence-electron chi connectivity index (χ1n) is 13.0.